The molecule has 2 heterocycles. The molecule has 1 aliphatic rings. The molecule has 4 rings (SSSR count). The highest BCUT2D eigenvalue weighted by atomic mass is 16.5. The van der Waals surface area contributed by atoms with Gasteiger partial charge in [0.1, 0.15) is 5.75 Å². The standard InChI is InChI=1S/C25H28N4O2/c1-2-31-22-12-10-19(11-13-22)17-26-25(30)21-9-6-16-29(18-21)24-15-14-23(27-28-24)20-7-4-3-5-8-20/h3-5,7-8,10-15,21H,2,6,9,16-18H2,1H3,(H,26,30)/t21-/m1/s1. The number of piperidine rings is 1. The molecule has 0 saturated carbocycles. The second-order valence-corrected chi connectivity index (χ2v) is 7.72. The Labute approximate surface area is 183 Å². The van der Waals surface area contributed by atoms with Crippen LogP contribution in [0.5, 0.6) is 5.75 Å². The molecule has 160 valence electrons. The Morgan fingerprint density at radius 1 is 1.06 bits per heavy atom. The smallest absolute Gasteiger partial charge is 0.225 e. The largest absolute Gasteiger partial charge is 0.494 e. The maximum atomic E-state index is 12.8. The first-order valence-corrected chi connectivity index (χ1v) is 10.9. The highest BCUT2D eigenvalue weighted by Crippen LogP contribution is 2.23. The molecule has 3 aromatic rings. The molecule has 1 saturated heterocycles. The van der Waals surface area contributed by atoms with E-state index in [0.29, 0.717) is 19.7 Å². The average Bonchev–Trinajstić information content (AvgIpc) is 2.84. The minimum absolute atomic E-state index is 0.0490. The summed E-state index contributed by atoms with van der Waals surface area (Å²) >= 11 is 0. The van der Waals surface area contributed by atoms with Gasteiger partial charge in [0, 0.05) is 25.2 Å². The summed E-state index contributed by atoms with van der Waals surface area (Å²) in [5.41, 5.74) is 2.96. The summed E-state index contributed by atoms with van der Waals surface area (Å²) in [6, 6.07) is 21.9. The van der Waals surface area contributed by atoms with E-state index in [1.54, 1.807) is 0 Å². The number of carbonyl (C=O) groups is 1. The van der Waals surface area contributed by atoms with E-state index >= 15 is 0 Å². The Kier molecular flexibility index (Phi) is 6.77. The van der Waals surface area contributed by atoms with Crippen molar-refractivity contribution in [2.45, 2.75) is 26.3 Å². The van der Waals surface area contributed by atoms with Crippen LogP contribution in [0.2, 0.25) is 0 Å². The van der Waals surface area contributed by atoms with E-state index in [1.807, 2.05) is 73.7 Å². The second kappa shape index (κ2) is 10.1. The van der Waals surface area contributed by atoms with E-state index in [1.165, 1.54) is 0 Å². The lowest BCUT2D eigenvalue weighted by molar-refractivity contribution is -0.125. The maximum absolute atomic E-state index is 12.8. The number of nitrogens with zero attached hydrogens (tertiary/aromatic N) is 3. The van der Waals surface area contributed by atoms with E-state index < -0.39 is 0 Å². The number of nitrogens with one attached hydrogen (secondary N) is 1. The van der Waals surface area contributed by atoms with Crippen molar-refractivity contribution in [3.8, 4) is 17.0 Å². The molecule has 0 bridgehead atoms. The summed E-state index contributed by atoms with van der Waals surface area (Å²) in [6.07, 6.45) is 1.85. The Balaban J connectivity index is 1.33. The van der Waals surface area contributed by atoms with Gasteiger partial charge in [-0.15, -0.1) is 10.2 Å². The molecule has 0 aliphatic carbocycles. The summed E-state index contributed by atoms with van der Waals surface area (Å²) < 4.78 is 5.46. The van der Waals surface area contributed by atoms with Gasteiger partial charge in [0.25, 0.3) is 0 Å². The predicted molar refractivity (Wildman–Crippen MR) is 122 cm³/mol. The van der Waals surface area contributed by atoms with Crippen LogP contribution in [0.25, 0.3) is 11.3 Å². The lowest BCUT2D eigenvalue weighted by Gasteiger charge is -2.32. The average molecular weight is 417 g/mol. The van der Waals surface area contributed by atoms with Gasteiger partial charge >= 0.3 is 0 Å². The quantitative estimate of drug-likeness (QED) is 0.629. The number of amides is 1. The zero-order valence-electron chi connectivity index (χ0n) is 17.8. The molecule has 1 N–H and O–H groups in total. The van der Waals surface area contributed by atoms with Gasteiger partial charge in [0.2, 0.25) is 5.91 Å². The van der Waals surface area contributed by atoms with Crippen LogP contribution in [-0.2, 0) is 11.3 Å². The zero-order valence-corrected chi connectivity index (χ0v) is 17.8. The monoisotopic (exact) mass is 416 g/mol. The lowest BCUT2D eigenvalue weighted by atomic mass is 9.97. The Morgan fingerprint density at radius 2 is 1.87 bits per heavy atom. The van der Waals surface area contributed by atoms with E-state index in [4.69, 9.17) is 4.74 Å². The SMILES string of the molecule is CCOc1ccc(CNC(=O)[C@@H]2CCCN(c3ccc(-c4ccccc4)nn3)C2)cc1. The van der Waals surface area contributed by atoms with Crippen LogP contribution in [0.15, 0.2) is 66.7 Å². The van der Waals surface area contributed by atoms with Gasteiger partial charge in [-0.25, -0.2) is 0 Å². The topological polar surface area (TPSA) is 67.3 Å². The number of anilines is 1. The number of benzene rings is 2. The normalized spacial score (nSPS) is 16.0. The maximum Gasteiger partial charge on any atom is 0.225 e. The molecular weight excluding hydrogens is 388 g/mol. The molecule has 1 aromatic heterocycles. The minimum atomic E-state index is -0.0490. The number of aromatic nitrogens is 2. The Morgan fingerprint density at radius 3 is 2.58 bits per heavy atom. The van der Waals surface area contributed by atoms with Gasteiger partial charge in [-0.2, -0.15) is 0 Å². The van der Waals surface area contributed by atoms with Crippen molar-refractivity contribution in [3.63, 3.8) is 0 Å². The van der Waals surface area contributed by atoms with Crippen molar-refractivity contribution in [1.29, 1.82) is 0 Å². The molecule has 1 aliphatic heterocycles. The second-order valence-electron chi connectivity index (χ2n) is 7.72. The van der Waals surface area contributed by atoms with Crippen LogP contribution in [0.4, 0.5) is 5.82 Å². The lowest BCUT2D eigenvalue weighted by Crippen LogP contribution is -2.43. The van der Waals surface area contributed by atoms with E-state index in [9.17, 15) is 4.79 Å². The van der Waals surface area contributed by atoms with Crippen LogP contribution in [0.3, 0.4) is 0 Å². The van der Waals surface area contributed by atoms with Gasteiger partial charge in [0.15, 0.2) is 5.82 Å². The molecule has 31 heavy (non-hydrogen) atoms. The fraction of sp³-hybridized carbons (Fsp3) is 0.320. The third-order valence-corrected chi connectivity index (χ3v) is 5.54. The van der Waals surface area contributed by atoms with Crippen LogP contribution in [-0.4, -0.2) is 35.8 Å². The summed E-state index contributed by atoms with van der Waals surface area (Å²) in [5, 5.41) is 11.9. The van der Waals surface area contributed by atoms with Crippen LogP contribution >= 0.6 is 0 Å². The third kappa shape index (κ3) is 5.40. The predicted octanol–water partition coefficient (Wildman–Crippen LogP) is 4.08. The van der Waals surface area contributed by atoms with Crippen LogP contribution in [0, 0.1) is 5.92 Å². The molecule has 1 amide bonds. The summed E-state index contributed by atoms with van der Waals surface area (Å²) in [6.45, 7) is 4.68. The van der Waals surface area contributed by atoms with E-state index in [2.05, 4.69) is 20.4 Å². The third-order valence-electron chi connectivity index (χ3n) is 5.54. The van der Waals surface area contributed by atoms with Gasteiger partial charge in [-0.05, 0) is 49.6 Å². The highest BCUT2D eigenvalue weighted by molar-refractivity contribution is 5.79. The van der Waals surface area contributed by atoms with Crippen molar-refractivity contribution < 1.29 is 9.53 Å². The minimum Gasteiger partial charge on any atom is -0.494 e. The summed E-state index contributed by atoms with van der Waals surface area (Å²) in [5.74, 6) is 1.71. The Bertz CT molecular complexity index is 975. The van der Waals surface area contributed by atoms with Gasteiger partial charge in [-0.1, -0.05) is 42.5 Å². The van der Waals surface area contributed by atoms with Crippen molar-refractivity contribution in [1.82, 2.24) is 15.5 Å². The van der Waals surface area contributed by atoms with Gasteiger partial charge in [-0.3, -0.25) is 4.79 Å². The first kappa shape index (κ1) is 20.8. The fourth-order valence-electron chi connectivity index (χ4n) is 3.86. The summed E-state index contributed by atoms with van der Waals surface area (Å²) in [4.78, 5) is 14.9. The number of hydrogen-bond donors (Lipinski definition) is 1. The summed E-state index contributed by atoms with van der Waals surface area (Å²) in [7, 11) is 0. The zero-order chi connectivity index (χ0) is 21.5. The van der Waals surface area contributed by atoms with Crippen molar-refractivity contribution in [2.75, 3.05) is 24.6 Å². The molecule has 6 heteroatoms. The number of rotatable bonds is 7. The van der Waals surface area contributed by atoms with Crippen LogP contribution < -0.4 is 15.0 Å². The van der Waals surface area contributed by atoms with Crippen molar-refractivity contribution in [2.24, 2.45) is 5.92 Å². The van der Waals surface area contributed by atoms with E-state index in [-0.39, 0.29) is 11.8 Å². The molecule has 6 nitrogen and oxygen atoms in total. The molecule has 0 unspecified atom stereocenters. The van der Waals surface area contributed by atoms with E-state index in [0.717, 1.165) is 47.8 Å². The molecule has 2 aromatic carbocycles. The number of ether oxygens (including phenoxy) is 1. The van der Waals surface area contributed by atoms with Gasteiger partial charge < -0.3 is 15.0 Å². The highest BCUT2D eigenvalue weighted by Gasteiger charge is 2.26. The molecule has 0 radical (unpaired) electrons. The Hall–Kier alpha value is -3.41. The fourth-order valence-corrected chi connectivity index (χ4v) is 3.86. The van der Waals surface area contributed by atoms with Crippen molar-refractivity contribution in [3.05, 3.63) is 72.3 Å². The molecular formula is C25H28N4O2. The number of carbonyl (C=O) groups excluding carboxylic acids is 1. The van der Waals surface area contributed by atoms with Crippen molar-refractivity contribution >= 4 is 11.7 Å². The first-order chi connectivity index (χ1) is 15.2. The molecule has 1 fully saturated rings. The molecule has 0 spiro atoms. The first-order valence-electron chi connectivity index (χ1n) is 10.9. The number of hydrogen-bond acceptors (Lipinski definition) is 5. The van der Waals surface area contributed by atoms with Gasteiger partial charge in [0.05, 0.1) is 18.2 Å². The van der Waals surface area contributed by atoms with Crippen LogP contribution in [0.1, 0.15) is 25.3 Å². The molecule has 1 atom stereocenters.